The van der Waals surface area contributed by atoms with Crippen molar-refractivity contribution in [1.29, 1.82) is 0 Å². The molecular formula is C15H17N3O3. The molecule has 6 heteroatoms. The molecule has 0 spiro atoms. The number of anilines is 1. The van der Waals surface area contributed by atoms with Gasteiger partial charge >= 0.3 is 0 Å². The van der Waals surface area contributed by atoms with Crippen LogP contribution in [0.2, 0.25) is 0 Å². The Kier molecular flexibility index (Phi) is 3.70. The number of benzene rings is 1. The monoisotopic (exact) mass is 287 g/mol. The lowest BCUT2D eigenvalue weighted by Crippen LogP contribution is -2.28. The van der Waals surface area contributed by atoms with Crippen molar-refractivity contribution in [2.45, 2.75) is 25.9 Å². The van der Waals surface area contributed by atoms with E-state index in [1.54, 1.807) is 25.1 Å². The molecule has 0 aliphatic heterocycles. The summed E-state index contributed by atoms with van der Waals surface area (Å²) in [7, 11) is 0. The third kappa shape index (κ3) is 3.28. The fraction of sp³-hybridized carbons (Fsp3) is 0.400. The quantitative estimate of drug-likeness (QED) is 0.876. The van der Waals surface area contributed by atoms with Crippen molar-refractivity contribution in [1.82, 2.24) is 9.97 Å². The van der Waals surface area contributed by atoms with E-state index in [9.17, 15) is 9.59 Å². The van der Waals surface area contributed by atoms with Crippen LogP contribution in [0.5, 0.6) is 0 Å². The van der Waals surface area contributed by atoms with Gasteiger partial charge < -0.3 is 15.0 Å². The average Bonchev–Trinajstić information content (AvgIpc) is 3.30. The molecule has 0 unspecified atom stereocenters. The number of carbonyl (C=O) groups excluding carboxylic acids is 1. The van der Waals surface area contributed by atoms with Gasteiger partial charge in [-0.2, -0.15) is 0 Å². The number of nitrogens with one attached hydrogen (secondary N) is 2. The Bertz CT molecular complexity index is 721. The van der Waals surface area contributed by atoms with Crippen molar-refractivity contribution in [3.8, 4) is 0 Å². The largest absolute Gasteiger partial charge is 0.368 e. The summed E-state index contributed by atoms with van der Waals surface area (Å²) in [6, 6.07) is 5.04. The van der Waals surface area contributed by atoms with Gasteiger partial charge in [-0.25, -0.2) is 4.98 Å². The highest BCUT2D eigenvalue weighted by atomic mass is 16.5. The highest BCUT2D eigenvalue weighted by molar-refractivity contribution is 5.95. The average molecular weight is 287 g/mol. The minimum absolute atomic E-state index is 0.213. The van der Waals surface area contributed by atoms with E-state index in [4.69, 9.17) is 4.74 Å². The second kappa shape index (κ2) is 5.65. The number of aromatic nitrogens is 2. The normalized spacial score (nSPS) is 15.9. The summed E-state index contributed by atoms with van der Waals surface area (Å²) in [5.74, 6) is 0.404. The van der Waals surface area contributed by atoms with Crippen LogP contribution in [-0.2, 0) is 9.53 Å². The summed E-state index contributed by atoms with van der Waals surface area (Å²) in [4.78, 5) is 30.3. The molecule has 1 amide bonds. The summed E-state index contributed by atoms with van der Waals surface area (Å²) in [5, 5.41) is 3.21. The van der Waals surface area contributed by atoms with E-state index < -0.39 is 6.10 Å². The first-order chi connectivity index (χ1) is 10.1. The number of carbonyl (C=O) groups is 1. The van der Waals surface area contributed by atoms with E-state index in [0.29, 0.717) is 29.1 Å². The van der Waals surface area contributed by atoms with Crippen molar-refractivity contribution < 1.29 is 9.53 Å². The van der Waals surface area contributed by atoms with Crippen molar-refractivity contribution in [2.75, 3.05) is 11.9 Å². The van der Waals surface area contributed by atoms with Crippen LogP contribution in [0.15, 0.2) is 29.3 Å². The van der Waals surface area contributed by atoms with Crippen LogP contribution < -0.4 is 10.9 Å². The summed E-state index contributed by atoms with van der Waals surface area (Å²) in [5.41, 5.74) is 0.928. The maximum absolute atomic E-state index is 12.0. The molecule has 1 fully saturated rings. The molecule has 1 aromatic carbocycles. The van der Waals surface area contributed by atoms with Crippen molar-refractivity contribution >= 4 is 22.5 Å². The zero-order valence-corrected chi connectivity index (χ0v) is 11.8. The zero-order chi connectivity index (χ0) is 14.8. The van der Waals surface area contributed by atoms with Crippen molar-refractivity contribution in [3.05, 3.63) is 34.9 Å². The molecule has 1 saturated carbocycles. The number of rotatable bonds is 5. The summed E-state index contributed by atoms with van der Waals surface area (Å²) in [6.07, 6.45) is 3.23. The predicted molar refractivity (Wildman–Crippen MR) is 79.1 cm³/mol. The third-order valence-electron chi connectivity index (χ3n) is 3.56. The molecule has 1 aliphatic carbocycles. The number of ether oxygens (including phenoxy) is 1. The van der Waals surface area contributed by atoms with Gasteiger partial charge in [-0.05, 0) is 43.9 Å². The van der Waals surface area contributed by atoms with Crippen molar-refractivity contribution in [3.63, 3.8) is 0 Å². The highest BCUT2D eigenvalue weighted by Gasteiger charge is 2.24. The molecular weight excluding hydrogens is 270 g/mol. The lowest BCUT2D eigenvalue weighted by molar-refractivity contribution is -0.126. The topological polar surface area (TPSA) is 84.1 Å². The van der Waals surface area contributed by atoms with Gasteiger partial charge in [-0.15, -0.1) is 0 Å². The molecule has 21 heavy (non-hydrogen) atoms. The van der Waals surface area contributed by atoms with E-state index in [1.807, 2.05) is 0 Å². The first kappa shape index (κ1) is 13.8. The number of hydrogen-bond acceptors (Lipinski definition) is 4. The zero-order valence-electron chi connectivity index (χ0n) is 11.8. The van der Waals surface area contributed by atoms with Gasteiger partial charge in [0.25, 0.3) is 11.5 Å². The number of amides is 1. The van der Waals surface area contributed by atoms with Crippen LogP contribution in [-0.4, -0.2) is 28.6 Å². The first-order valence-electron chi connectivity index (χ1n) is 7.03. The van der Waals surface area contributed by atoms with Gasteiger partial charge in [0.05, 0.1) is 23.8 Å². The first-order valence-corrected chi connectivity index (χ1v) is 7.03. The van der Waals surface area contributed by atoms with E-state index in [0.717, 1.165) is 0 Å². The summed E-state index contributed by atoms with van der Waals surface area (Å²) < 4.78 is 5.52. The minimum atomic E-state index is -0.506. The third-order valence-corrected chi connectivity index (χ3v) is 3.56. The molecule has 110 valence electrons. The maximum Gasteiger partial charge on any atom is 0.258 e. The molecule has 3 rings (SSSR count). The second-order valence-corrected chi connectivity index (χ2v) is 5.37. The van der Waals surface area contributed by atoms with E-state index in [1.165, 1.54) is 19.2 Å². The Morgan fingerprint density at radius 2 is 2.33 bits per heavy atom. The van der Waals surface area contributed by atoms with Gasteiger partial charge in [-0.3, -0.25) is 9.59 Å². The van der Waals surface area contributed by atoms with Gasteiger partial charge in [0.1, 0.15) is 6.10 Å². The molecule has 0 bridgehead atoms. The standard InChI is InChI=1S/C15H17N3O3/c1-9(21-7-10-2-3-10)14(19)18-11-4-5-13-12(6-11)15(20)17-8-16-13/h4-6,8-10H,2-3,7H2,1H3,(H,18,19)(H,16,17,20)/t9-/m0/s1. The van der Waals surface area contributed by atoms with Crippen LogP contribution in [0.1, 0.15) is 19.8 Å². The Balaban J connectivity index is 1.70. The molecule has 0 radical (unpaired) electrons. The number of nitrogens with zero attached hydrogens (tertiary/aromatic N) is 1. The fourth-order valence-electron chi connectivity index (χ4n) is 2.03. The van der Waals surface area contributed by atoms with Gasteiger partial charge in [0.2, 0.25) is 0 Å². The number of fused-ring (bicyclic) bond motifs is 1. The molecule has 6 nitrogen and oxygen atoms in total. The van der Waals surface area contributed by atoms with Gasteiger partial charge in [0, 0.05) is 5.69 Å². The summed E-state index contributed by atoms with van der Waals surface area (Å²) in [6.45, 7) is 2.36. The lowest BCUT2D eigenvalue weighted by Gasteiger charge is -2.13. The van der Waals surface area contributed by atoms with Crippen LogP contribution in [0.25, 0.3) is 10.9 Å². The van der Waals surface area contributed by atoms with Gasteiger partial charge in [0.15, 0.2) is 0 Å². The predicted octanol–water partition coefficient (Wildman–Crippen LogP) is 1.68. The SMILES string of the molecule is C[C@H](OCC1CC1)C(=O)Nc1ccc2nc[nH]c(=O)c2c1. The van der Waals surface area contributed by atoms with E-state index >= 15 is 0 Å². The Morgan fingerprint density at radius 3 is 3.10 bits per heavy atom. The second-order valence-electron chi connectivity index (χ2n) is 5.37. The Labute approximate surface area is 121 Å². The van der Waals surface area contributed by atoms with E-state index in [-0.39, 0.29) is 11.5 Å². The maximum atomic E-state index is 12.0. The van der Waals surface area contributed by atoms with Crippen LogP contribution in [0.3, 0.4) is 0 Å². The molecule has 0 saturated heterocycles. The molecule has 1 aromatic heterocycles. The fourth-order valence-corrected chi connectivity index (χ4v) is 2.03. The molecule has 1 atom stereocenters. The Hall–Kier alpha value is -2.21. The Morgan fingerprint density at radius 1 is 1.52 bits per heavy atom. The molecule has 2 N–H and O–H groups in total. The summed E-state index contributed by atoms with van der Waals surface area (Å²) >= 11 is 0. The molecule has 2 aromatic rings. The van der Waals surface area contributed by atoms with E-state index in [2.05, 4.69) is 15.3 Å². The molecule has 1 heterocycles. The van der Waals surface area contributed by atoms with Crippen molar-refractivity contribution in [2.24, 2.45) is 5.92 Å². The number of hydrogen-bond donors (Lipinski definition) is 2. The van der Waals surface area contributed by atoms with Crippen LogP contribution in [0.4, 0.5) is 5.69 Å². The number of H-pyrrole nitrogens is 1. The molecule has 1 aliphatic rings. The minimum Gasteiger partial charge on any atom is -0.368 e. The van der Waals surface area contributed by atoms with Crippen LogP contribution >= 0.6 is 0 Å². The smallest absolute Gasteiger partial charge is 0.258 e. The highest BCUT2D eigenvalue weighted by Crippen LogP contribution is 2.29. The van der Waals surface area contributed by atoms with Crippen LogP contribution in [0, 0.1) is 5.92 Å². The number of aromatic amines is 1. The lowest BCUT2D eigenvalue weighted by atomic mass is 10.2. The van der Waals surface area contributed by atoms with Gasteiger partial charge in [-0.1, -0.05) is 0 Å².